The Morgan fingerprint density at radius 1 is 0.920 bits per heavy atom. The van der Waals surface area contributed by atoms with Gasteiger partial charge in [0.25, 0.3) is 5.60 Å². The van der Waals surface area contributed by atoms with Gasteiger partial charge in [0, 0.05) is 7.11 Å². The lowest BCUT2D eigenvalue weighted by atomic mass is 9.79. The van der Waals surface area contributed by atoms with E-state index in [9.17, 15) is 26.3 Å². The van der Waals surface area contributed by atoms with Crippen LogP contribution in [0.25, 0.3) is 0 Å². The molecule has 25 heavy (non-hydrogen) atoms. The zero-order valence-corrected chi connectivity index (χ0v) is 15.1. The normalized spacial score (nSPS) is 26.8. The predicted octanol–water partition coefficient (Wildman–Crippen LogP) is 5.96. The van der Waals surface area contributed by atoms with Crippen molar-refractivity contribution in [3.8, 4) is 0 Å². The lowest BCUT2D eigenvalue weighted by Crippen LogP contribution is -2.60. The average molecular weight is 378 g/mol. The van der Waals surface area contributed by atoms with Crippen LogP contribution in [0.15, 0.2) is 0 Å². The minimum atomic E-state index is -5.52. The number of halogens is 6. The number of hydrogen-bond acceptors (Lipinski definition) is 2. The van der Waals surface area contributed by atoms with E-state index >= 15 is 0 Å². The summed E-state index contributed by atoms with van der Waals surface area (Å²) in [6.07, 6.45) is -9.33. The van der Waals surface area contributed by atoms with E-state index in [0.29, 0.717) is 12.8 Å². The molecule has 2 aliphatic rings. The van der Waals surface area contributed by atoms with Crippen LogP contribution in [0.4, 0.5) is 26.3 Å². The molecule has 0 radical (unpaired) electrons. The van der Waals surface area contributed by atoms with Crippen molar-refractivity contribution in [1.29, 1.82) is 0 Å². The fourth-order valence-corrected chi connectivity index (χ4v) is 3.77. The summed E-state index contributed by atoms with van der Waals surface area (Å²) in [5, 5.41) is 0. The molecule has 0 spiro atoms. The highest BCUT2D eigenvalue weighted by Crippen LogP contribution is 2.56. The van der Waals surface area contributed by atoms with E-state index < -0.39 is 37.1 Å². The molecule has 150 valence electrons. The van der Waals surface area contributed by atoms with Crippen LogP contribution in [0.2, 0.25) is 0 Å². The highest BCUT2D eigenvalue weighted by molar-refractivity contribution is 5.01. The van der Waals surface area contributed by atoms with Gasteiger partial charge in [-0.1, -0.05) is 27.2 Å². The molecule has 2 saturated carbocycles. The van der Waals surface area contributed by atoms with Gasteiger partial charge in [-0.25, -0.2) is 0 Å². The Labute approximate surface area is 145 Å². The molecule has 2 fully saturated rings. The van der Waals surface area contributed by atoms with Crippen molar-refractivity contribution in [2.45, 2.75) is 70.8 Å². The number of hydrogen-bond donors (Lipinski definition) is 0. The molecule has 8 heteroatoms. The Morgan fingerprint density at radius 2 is 1.44 bits per heavy atom. The van der Waals surface area contributed by atoms with Crippen LogP contribution in [0, 0.1) is 23.7 Å². The van der Waals surface area contributed by atoms with Crippen molar-refractivity contribution in [3.63, 3.8) is 0 Å². The van der Waals surface area contributed by atoms with Crippen molar-refractivity contribution < 1.29 is 35.8 Å². The van der Waals surface area contributed by atoms with Crippen LogP contribution in [0.1, 0.15) is 52.9 Å². The van der Waals surface area contributed by atoms with Gasteiger partial charge in [-0.2, -0.15) is 26.3 Å². The van der Waals surface area contributed by atoms with Gasteiger partial charge in [-0.15, -0.1) is 0 Å². The first-order chi connectivity index (χ1) is 11.3. The zero-order chi connectivity index (χ0) is 19.5. The maximum Gasteiger partial charge on any atom is 0.426 e. The molecule has 0 heterocycles. The molecule has 3 unspecified atom stereocenters. The first-order valence-electron chi connectivity index (χ1n) is 8.60. The van der Waals surface area contributed by atoms with Gasteiger partial charge in [0.15, 0.2) is 0 Å². The maximum absolute atomic E-state index is 13.2. The Bertz CT molecular complexity index is 388. The second-order valence-corrected chi connectivity index (χ2v) is 7.74. The summed E-state index contributed by atoms with van der Waals surface area (Å²) in [6, 6.07) is 0. The summed E-state index contributed by atoms with van der Waals surface area (Å²) < 4.78 is 87.6. The van der Waals surface area contributed by atoms with Gasteiger partial charge in [0.2, 0.25) is 0 Å². The van der Waals surface area contributed by atoms with Crippen molar-refractivity contribution in [2.24, 2.45) is 23.7 Å². The maximum atomic E-state index is 13.2. The Kier molecular flexibility index (Phi) is 7.63. The first-order valence-corrected chi connectivity index (χ1v) is 8.60. The molecule has 0 amide bonds. The topological polar surface area (TPSA) is 18.5 Å². The number of rotatable bonds is 5. The van der Waals surface area contributed by atoms with Crippen molar-refractivity contribution >= 4 is 0 Å². The lowest BCUT2D eigenvalue weighted by Gasteiger charge is -2.40. The quantitative estimate of drug-likeness (QED) is 0.434. The molecule has 0 aromatic heterocycles. The summed E-state index contributed by atoms with van der Waals surface area (Å²) in [5.41, 5.74) is -4.13. The third kappa shape index (κ3) is 5.49. The van der Waals surface area contributed by atoms with E-state index in [1.54, 1.807) is 0 Å². The molecule has 2 rings (SSSR count). The molecule has 0 aliphatic heterocycles. The highest BCUT2D eigenvalue weighted by atomic mass is 19.4. The summed E-state index contributed by atoms with van der Waals surface area (Å²) in [5.74, 6) is 0.454. The second-order valence-electron chi connectivity index (χ2n) is 7.74. The molecular weight excluding hydrogens is 350 g/mol. The van der Waals surface area contributed by atoms with Gasteiger partial charge >= 0.3 is 12.4 Å². The van der Waals surface area contributed by atoms with Crippen LogP contribution in [0.5, 0.6) is 0 Å². The fourth-order valence-electron chi connectivity index (χ4n) is 3.77. The van der Waals surface area contributed by atoms with Crippen LogP contribution >= 0.6 is 0 Å². The van der Waals surface area contributed by atoms with Crippen molar-refractivity contribution in [3.05, 3.63) is 0 Å². The number of methoxy groups -OCH3 is 1. The minimum absolute atomic E-state index is 0.0507. The second kappa shape index (κ2) is 8.46. The third-order valence-electron chi connectivity index (χ3n) is 4.77. The fraction of sp³-hybridized carbons (Fsp3) is 1.00. The van der Waals surface area contributed by atoms with E-state index in [4.69, 9.17) is 0 Å². The molecule has 0 N–H and O–H groups in total. The first kappa shape index (κ1) is 22.5. The Morgan fingerprint density at radius 3 is 1.76 bits per heavy atom. The molecule has 0 aromatic carbocycles. The van der Waals surface area contributed by atoms with Crippen LogP contribution < -0.4 is 0 Å². The summed E-state index contributed by atoms with van der Waals surface area (Å²) in [6.45, 7) is 5.46. The standard InChI is InChI=1S/C13H18F6O2.C4H10/c1-20-7-21-11(12(14,15)16,13(17,18)19)6-10-5-8-2-3-9(10)4-8;1-4(2)3/h8-10H,2-7H2,1H3;4H,1-3H3. The van der Waals surface area contributed by atoms with Gasteiger partial charge in [-0.3, -0.25) is 0 Å². The monoisotopic (exact) mass is 378 g/mol. The molecular formula is C17H28F6O2. The minimum Gasteiger partial charge on any atom is -0.359 e. The van der Waals surface area contributed by atoms with Crippen LogP contribution in [-0.4, -0.2) is 31.9 Å². The van der Waals surface area contributed by atoms with Crippen molar-refractivity contribution in [1.82, 2.24) is 0 Å². The highest BCUT2D eigenvalue weighted by Gasteiger charge is 2.73. The number of ether oxygens (including phenoxy) is 2. The summed E-state index contributed by atoms with van der Waals surface area (Å²) >= 11 is 0. The number of alkyl halides is 6. The van der Waals surface area contributed by atoms with Gasteiger partial charge in [-0.05, 0) is 49.4 Å². The van der Waals surface area contributed by atoms with E-state index in [1.807, 2.05) is 0 Å². The van der Waals surface area contributed by atoms with Crippen LogP contribution in [0.3, 0.4) is 0 Å². The van der Waals surface area contributed by atoms with Crippen LogP contribution in [-0.2, 0) is 9.47 Å². The Hall–Kier alpha value is -0.500. The van der Waals surface area contributed by atoms with Gasteiger partial charge in [0.1, 0.15) is 6.79 Å². The van der Waals surface area contributed by atoms with E-state index in [2.05, 4.69) is 30.2 Å². The van der Waals surface area contributed by atoms with Gasteiger partial charge in [0.05, 0.1) is 0 Å². The van der Waals surface area contributed by atoms with E-state index in [0.717, 1.165) is 25.9 Å². The molecule has 2 nitrogen and oxygen atoms in total. The number of fused-ring (bicyclic) bond motifs is 2. The summed E-state index contributed by atoms with van der Waals surface area (Å²) in [7, 11) is 0.995. The molecule has 2 bridgehead atoms. The molecule has 0 aromatic rings. The predicted molar refractivity (Wildman–Crippen MR) is 81.9 cm³/mol. The molecule has 0 saturated heterocycles. The SMILES string of the molecule is CC(C)C.COCOC(CC1CC2CCC1C2)(C(F)(F)F)C(F)(F)F. The third-order valence-corrected chi connectivity index (χ3v) is 4.77. The van der Waals surface area contributed by atoms with E-state index in [-0.39, 0.29) is 11.8 Å². The largest absolute Gasteiger partial charge is 0.426 e. The van der Waals surface area contributed by atoms with Crippen molar-refractivity contribution in [2.75, 3.05) is 13.9 Å². The summed E-state index contributed by atoms with van der Waals surface area (Å²) in [4.78, 5) is 0. The Balaban J connectivity index is 0.000000705. The smallest absolute Gasteiger partial charge is 0.359 e. The lowest BCUT2D eigenvalue weighted by molar-refractivity contribution is -0.397. The zero-order valence-electron chi connectivity index (χ0n) is 15.1. The average Bonchev–Trinajstić information content (AvgIpc) is 3.02. The van der Waals surface area contributed by atoms with Gasteiger partial charge < -0.3 is 9.47 Å². The molecule has 2 aliphatic carbocycles. The molecule has 3 atom stereocenters. The van der Waals surface area contributed by atoms with E-state index in [1.165, 1.54) is 0 Å².